The van der Waals surface area contributed by atoms with E-state index in [1.165, 1.54) is 6.07 Å². The van der Waals surface area contributed by atoms with Crippen LogP contribution in [0.4, 0.5) is 13.2 Å². The lowest BCUT2D eigenvalue weighted by Crippen LogP contribution is -2.19. The van der Waals surface area contributed by atoms with Gasteiger partial charge in [0.25, 0.3) is 0 Å². The van der Waals surface area contributed by atoms with E-state index in [1.807, 2.05) is 0 Å². The molecule has 0 unspecified atom stereocenters. The fraction of sp³-hybridized carbons (Fsp3) is 0.455. The molecule has 6 heteroatoms. The topological polar surface area (TPSA) is 21.3 Å². The maximum Gasteiger partial charge on any atom is 0.416 e. The van der Waals surface area contributed by atoms with Gasteiger partial charge in [0.2, 0.25) is 0 Å². The van der Waals surface area contributed by atoms with Crippen LogP contribution in [0, 0.1) is 0 Å². The fourth-order valence-corrected chi connectivity index (χ4v) is 1.47. The molecule has 0 saturated carbocycles. The summed E-state index contributed by atoms with van der Waals surface area (Å²) in [4.78, 5) is 0. The van der Waals surface area contributed by atoms with E-state index in [-0.39, 0.29) is 6.54 Å². The van der Waals surface area contributed by atoms with E-state index in [9.17, 15) is 13.2 Å². The predicted molar refractivity (Wildman–Crippen MR) is 60.0 cm³/mol. The van der Waals surface area contributed by atoms with Crippen LogP contribution in [0.1, 0.15) is 11.1 Å². The van der Waals surface area contributed by atoms with Gasteiger partial charge in [-0.3, -0.25) is 0 Å². The quantitative estimate of drug-likeness (QED) is 0.828. The molecule has 1 N–H and O–H groups in total. The molecule has 0 fully saturated rings. The molecule has 0 radical (unpaired) electrons. The van der Waals surface area contributed by atoms with Gasteiger partial charge in [-0.2, -0.15) is 13.2 Å². The first kappa shape index (κ1) is 14.3. The summed E-state index contributed by atoms with van der Waals surface area (Å²) in [6, 6.07) is 3.29. The van der Waals surface area contributed by atoms with Gasteiger partial charge in [0.05, 0.1) is 12.2 Å². The normalized spacial score (nSPS) is 11.8. The molecule has 0 amide bonds. The van der Waals surface area contributed by atoms with Crippen molar-refractivity contribution in [3.8, 4) is 0 Å². The molecule has 0 spiro atoms. The first-order valence-corrected chi connectivity index (χ1v) is 5.38. The van der Waals surface area contributed by atoms with Crippen LogP contribution < -0.4 is 5.32 Å². The van der Waals surface area contributed by atoms with Crippen molar-refractivity contribution >= 4 is 11.6 Å². The Morgan fingerprint density at radius 1 is 1.35 bits per heavy atom. The van der Waals surface area contributed by atoms with Crippen LogP contribution in [0.3, 0.4) is 0 Å². The van der Waals surface area contributed by atoms with Crippen molar-refractivity contribution in [3.05, 3.63) is 34.3 Å². The molecule has 96 valence electrons. The highest BCUT2D eigenvalue weighted by atomic mass is 35.5. The second-order valence-corrected chi connectivity index (χ2v) is 3.88. The first-order chi connectivity index (χ1) is 7.95. The molecule has 0 aliphatic rings. The van der Waals surface area contributed by atoms with Gasteiger partial charge in [0.15, 0.2) is 0 Å². The fourth-order valence-electron chi connectivity index (χ4n) is 1.28. The van der Waals surface area contributed by atoms with Gasteiger partial charge < -0.3 is 10.1 Å². The minimum absolute atomic E-state index is 0.284. The molecule has 0 atom stereocenters. The van der Waals surface area contributed by atoms with Crippen molar-refractivity contribution in [2.75, 3.05) is 20.3 Å². The number of hydrogen-bond acceptors (Lipinski definition) is 2. The standard InChI is InChI=1S/C11H13ClF3NO/c1-17-5-4-16-7-8-6-9(11(13,14)15)2-3-10(8)12/h2-3,6,16H,4-5,7H2,1H3. The summed E-state index contributed by atoms with van der Waals surface area (Å²) in [7, 11) is 1.55. The number of alkyl halides is 3. The SMILES string of the molecule is COCCNCc1cc(C(F)(F)F)ccc1Cl. The molecular formula is C11H13ClF3NO. The summed E-state index contributed by atoms with van der Waals surface area (Å²) < 4.78 is 42.2. The Hall–Kier alpha value is -0.780. The third kappa shape index (κ3) is 4.53. The average Bonchev–Trinajstić information content (AvgIpc) is 2.25. The average molecular weight is 268 g/mol. The van der Waals surface area contributed by atoms with E-state index >= 15 is 0 Å². The van der Waals surface area contributed by atoms with Crippen LogP contribution in [0.5, 0.6) is 0 Å². The summed E-state index contributed by atoms with van der Waals surface area (Å²) in [5, 5.41) is 3.27. The van der Waals surface area contributed by atoms with Gasteiger partial charge in [0.1, 0.15) is 0 Å². The van der Waals surface area contributed by atoms with Crippen molar-refractivity contribution in [1.82, 2.24) is 5.32 Å². The van der Waals surface area contributed by atoms with E-state index in [1.54, 1.807) is 7.11 Å². The summed E-state index contributed by atoms with van der Waals surface area (Å²) in [6.07, 6.45) is -4.34. The second-order valence-electron chi connectivity index (χ2n) is 3.47. The number of rotatable bonds is 5. The van der Waals surface area contributed by atoms with E-state index in [2.05, 4.69) is 5.32 Å². The van der Waals surface area contributed by atoms with E-state index in [0.717, 1.165) is 12.1 Å². The Morgan fingerprint density at radius 3 is 2.65 bits per heavy atom. The Balaban J connectivity index is 2.70. The minimum Gasteiger partial charge on any atom is -0.383 e. The van der Waals surface area contributed by atoms with Gasteiger partial charge in [-0.1, -0.05) is 11.6 Å². The second kappa shape index (κ2) is 6.23. The van der Waals surface area contributed by atoms with Crippen molar-refractivity contribution in [3.63, 3.8) is 0 Å². The smallest absolute Gasteiger partial charge is 0.383 e. The van der Waals surface area contributed by atoms with Crippen molar-refractivity contribution in [2.45, 2.75) is 12.7 Å². The molecule has 1 aromatic carbocycles. The highest BCUT2D eigenvalue weighted by molar-refractivity contribution is 6.31. The molecule has 0 aromatic heterocycles. The van der Waals surface area contributed by atoms with Gasteiger partial charge in [-0.15, -0.1) is 0 Å². The zero-order valence-electron chi connectivity index (χ0n) is 9.27. The lowest BCUT2D eigenvalue weighted by atomic mass is 10.1. The largest absolute Gasteiger partial charge is 0.416 e. The van der Waals surface area contributed by atoms with Crippen LogP contribution in [-0.2, 0) is 17.5 Å². The molecule has 1 rings (SSSR count). The molecular weight excluding hydrogens is 255 g/mol. The lowest BCUT2D eigenvalue weighted by Gasteiger charge is -2.11. The van der Waals surface area contributed by atoms with Gasteiger partial charge in [0, 0.05) is 25.2 Å². The Morgan fingerprint density at radius 2 is 2.06 bits per heavy atom. The molecule has 0 saturated heterocycles. The van der Waals surface area contributed by atoms with Crippen LogP contribution in [0.2, 0.25) is 5.02 Å². The predicted octanol–water partition coefficient (Wildman–Crippen LogP) is 3.09. The van der Waals surface area contributed by atoms with Crippen LogP contribution in [-0.4, -0.2) is 20.3 Å². The Kier molecular flexibility index (Phi) is 5.24. The number of benzene rings is 1. The highest BCUT2D eigenvalue weighted by Crippen LogP contribution is 2.31. The van der Waals surface area contributed by atoms with E-state index in [4.69, 9.17) is 16.3 Å². The van der Waals surface area contributed by atoms with Crippen LogP contribution in [0.25, 0.3) is 0 Å². The number of nitrogens with one attached hydrogen (secondary N) is 1. The lowest BCUT2D eigenvalue weighted by molar-refractivity contribution is -0.137. The van der Waals surface area contributed by atoms with Gasteiger partial charge in [-0.05, 0) is 23.8 Å². The summed E-state index contributed by atoms with van der Waals surface area (Å²) in [5.41, 5.74) is -0.261. The van der Waals surface area contributed by atoms with Crippen molar-refractivity contribution in [1.29, 1.82) is 0 Å². The maximum absolute atomic E-state index is 12.5. The Bertz CT molecular complexity index is 368. The van der Waals surface area contributed by atoms with E-state index < -0.39 is 11.7 Å². The van der Waals surface area contributed by atoms with Gasteiger partial charge in [-0.25, -0.2) is 0 Å². The van der Waals surface area contributed by atoms with Crippen molar-refractivity contribution < 1.29 is 17.9 Å². The summed E-state index contributed by atoms with van der Waals surface area (Å²) in [5.74, 6) is 0. The number of halogens is 4. The van der Waals surface area contributed by atoms with Crippen LogP contribution in [0.15, 0.2) is 18.2 Å². The maximum atomic E-state index is 12.5. The number of methoxy groups -OCH3 is 1. The highest BCUT2D eigenvalue weighted by Gasteiger charge is 2.30. The van der Waals surface area contributed by atoms with E-state index in [0.29, 0.717) is 23.7 Å². The minimum atomic E-state index is -4.34. The third-order valence-electron chi connectivity index (χ3n) is 2.17. The zero-order chi connectivity index (χ0) is 12.9. The molecule has 0 bridgehead atoms. The third-order valence-corrected chi connectivity index (χ3v) is 2.54. The molecule has 0 aliphatic heterocycles. The molecule has 1 aromatic rings. The monoisotopic (exact) mass is 267 g/mol. The molecule has 2 nitrogen and oxygen atoms in total. The van der Waals surface area contributed by atoms with Gasteiger partial charge >= 0.3 is 6.18 Å². The number of ether oxygens (including phenoxy) is 1. The van der Waals surface area contributed by atoms with Crippen LogP contribution >= 0.6 is 11.6 Å². The summed E-state index contributed by atoms with van der Waals surface area (Å²) >= 11 is 5.82. The van der Waals surface area contributed by atoms with Crippen molar-refractivity contribution in [2.24, 2.45) is 0 Å². The molecule has 0 heterocycles. The molecule has 17 heavy (non-hydrogen) atoms. The Labute approximate surface area is 103 Å². The summed E-state index contributed by atoms with van der Waals surface area (Å²) in [6.45, 7) is 1.34. The first-order valence-electron chi connectivity index (χ1n) is 5.00. The molecule has 0 aliphatic carbocycles. The zero-order valence-corrected chi connectivity index (χ0v) is 10.0. The number of hydrogen-bond donors (Lipinski definition) is 1.